The maximum atomic E-state index is 6.38. The molecule has 1 fully saturated rings. The minimum atomic E-state index is 0.00957. The van der Waals surface area contributed by atoms with Gasteiger partial charge in [0.05, 0.1) is 20.3 Å². The molecule has 0 radical (unpaired) electrons. The molecule has 0 spiro atoms. The van der Waals surface area contributed by atoms with Crippen LogP contribution in [0.25, 0.3) is 0 Å². The first-order valence-corrected chi connectivity index (χ1v) is 7.75. The van der Waals surface area contributed by atoms with Gasteiger partial charge in [-0.1, -0.05) is 0 Å². The van der Waals surface area contributed by atoms with Crippen LogP contribution in [0.3, 0.4) is 0 Å². The Morgan fingerprint density at radius 1 is 1.24 bits per heavy atom. The largest absolute Gasteiger partial charge is 0.493 e. The van der Waals surface area contributed by atoms with Crippen LogP contribution in [0.1, 0.15) is 49.3 Å². The fourth-order valence-electron chi connectivity index (χ4n) is 2.95. The molecule has 1 aromatic rings. The molecule has 1 aromatic carbocycles. The lowest BCUT2D eigenvalue weighted by atomic mass is 9.94. The minimum Gasteiger partial charge on any atom is -0.493 e. The summed E-state index contributed by atoms with van der Waals surface area (Å²) in [5.74, 6) is 1.49. The molecule has 2 atom stereocenters. The number of hydrogen-bond acceptors (Lipinski definition) is 4. The van der Waals surface area contributed by atoms with E-state index in [0.29, 0.717) is 6.10 Å². The molecule has 1 heterocycles. The molecule has 0 saturated carbocycles. The molecule has 4 nitrogen and oxygen atoms in total. The molecule has 0 aliphatic carbocycles. The molecule has 1 aliphatic rings. The molecule has 2 unspecified atom stereocenters. The van der Waals surface area contributed by atoms with Gasteiger partial charge in [-0.15, -0.1) is 0 Å². The van der Waals surface area contributed by atoms with Gasteiger partial charge in [0.15, 0.2) is 11.5 Å². The van der Waals surface area contributed by atoms with Gasteiger partial charge in [0.25, 0.3) is 0 Å². The van der Waals surface area contributed by atoms with Crippen LogP contribution in [0.5, 0.6) is 11.5 Å². The summed E-state index contributed by atoms with van der Waals surface area (Å²) in [5, 5.41) is 0. The van der Waals surface area contributed by atoms with Crippen molar-refractivity contribution in [1.29, 1.82) is 0 Å². The van der Waals surface area contributed by atoms with Crippen molar-refractivity contribution in [3.05, 3.63) is 23.3 Å². The fourth-order valence-corrected chi connectivity index (χ4v) is 2.95. The number of methoxy groups -OCH3 is 2. The van der Waals surface area contributed by atoms with Gasteiger partial charge in [-0.25, -0.2) is 0 Å². The Balaban J connectivity index is 2.02. The minimum absolute atomic E-state index is 0.00957. The zero-order chi connectivity index (χ0) is 15.2. The van der Waals surface area contributed by atoms with Gasteiger partial charge in [0.1, 0.15) is 0 Å². The van der Waals surface area contributed by atoms with E-state index < -0.39 is 0 Å². The van der Waals surface area contributed by atoms with Gasteiger partial charge in [-0.2, -0.15) is 0 Å². The second-order valence-corrected chi connectivity index (χ2v) is 5.74. The number of rotatable bonds is 6. The van der Waals surface area contributed by atoms with Gasteiger partial charge < -0.3 is 19.9 Å². The highest BCUT2D eigenvalue weighted by atomic mass is 16.5. The maximum absolute atomic E-state index is 6.38. The summed E-state index contributed by atoms with van der Waals surface area (Å²) in [5.41, 5.74) is 8.65. The van der Waals surface area contributed by atoms with E-state index in [0.717, 1.165) is 48.5 Å². The normalized spacial score (nSPS) is 20.1. The van der Waals surface area contributed by atoms with Gasteiger partial charge in [0.2, 0.25) is 0 Å². The number of hydrogen-bond donors (Lipinski definition) is 1. The lowest BCUT2D eigenvalue weighted by Gasteiger charge is -2.24. The average Bonchev–Trinajstić information content (AvgIpc) is 2.53. The third-order valence-electron chi connectivity index (χ3n) is 4.25. The third kappa shape index (κ3) is 4.11. The second kappa shape index (κ2) is 7.66. The van der Waals surface area contributed by atoms with Crippen LogP contribution >= 0.6 is 0 Å². The smallest absolute Gasteiger partial charge is 0.161 e. The highest BCUT2D eigenvalue weighted by Crippen LogP contribution is 2.34. The topological polar surface area (TPSA) is 53.7 Å². The summed E-state index contributed by atoms with van der Waals surface area (Å²) in [6.45, 7) is 2.96. The molecule has 0 aromatic heterocycles. The van der Waals surface area contributed by atoms with Crippen LogP contribution in [0.2, 0.25) is 0 Å². The second-order valence-electron chi connectivity index (χ2n) is 5.74. The Morgan fingerprint density at radius 2 is 1.95 bits per heavy atom. The summed E-state index contributed by atoms with van der Waals surface area (Å²) in [6, 6.07) is 4.00. The molecule has 118 valence electrons. The first kappa shape index (κ1) is 16.1. The summed E-state index contributed by atoms with van der Waals surface area (Å²) < 4.78 is 16.5. The van der Waals surface area contributed by atoms with Crippen molar-refractivity contribution in [1.82, 2.24) is 0 Å². The lowest BCUT2D eigenvalue weighted by molar-refractivity contribution is 0.00911. The fraction of sp³-hybridized carbons (Fsp3) is 0.647. The predicted octanol–water partition coefficient (Wildman–Crippen LogP) is 3.36. The number of aryl methyl sites for hydroxylation is 1. The van der Waals surface area contributed by atoms with Gasteiger partial charge >= 0.3 is 0 Å². The molecule has 0 amide bonds. The van der Waals surface area contributed by atoms with Crippen LogP contribution in [-0.4, -0.2) is 26.9 Å². The summed E-state index contributed by atoms with van der Waals surface area (Å²) >= 11 is 0. The van der Waals surface area contributed by atoms with Crippen molar-refractivity contribution >= 4 is 0 Å². The number of nitrogens with two attached hydrogens (primary N) is 1. The van der Waals surface area contributed by atoms with Crippen molar-refractivity contribution in [3.8, 4) is 11.5 Å². The van der Waals surface area contributed by atoms with E-state index >= 15 is 0 Å². The Bertz CT molecular complexity index is 456. The standard InChI is InChI=1S/C17H27NO3/c1-12-10-16(19-2)17(20-3)11-14(12)15(18)8-7-13-6-4-5-9-21-13/h10-11,13,15H,4-9,18H2,1-3H3. The Morgan fingerprint density at radius 3 is 2.57 bits per heavy atom. The van der Waals surface area contributed by atoms with Crippen LogP contribution in [0, 0.1) is 6.92 Å². The molecular formula is C17H27NO3. The van der Waals surface area contributed by atoms with Crippen molar-refractivity contribution < 1.29 is 14.2 Å². The van der Waals surface area contributed by atoms with Crippen LogP contribution in [0.15, 0.2) is 12.1 Å². The molecule has 1 aliphatic heterocycles. The first-order chi connectivity index (χ1) is 10.2. The monoisotopic (exact) mass is 293 g/mol. The molecule has 2 rings (SSSR count). The van der Waals surface area contributed by atoms with Gasteiger partial charge in [0, 0.05) is 12.6 Å². The maximum Gasteiger partial charge on any atom is 0.161 e. The average molecular weight is 293 g/mol. The van der Waals surface area contributed by atoms with Crippen molar-refractivity contribution in [3.63, 3.8) is 0 Å². The van der Waals surface area contributed by atoms with E-state index in [1.54, 1.807) is 14.2 Å². The van der Waals surface area contributed by atoms with E-state index in [1.807, 2.05) is 12.1 Å². The van der Waals surface area contributed by atoms with E-state index in [-0.39, 0.29) is 6.04 Å². The predicted molar refractivity (Wildman–Crippen MR) is 84.0 cm³/mol. The molecule has 2 N–H and O–H groups in total. The van der Waals surface area contributed by atoms with Crippen LogP contribution in [0.4, 0.5) is 0 Å². The quantitative estimate of drug-likeness (QED) is 0.874. The van der Waals surface area contributed by atoms with Crippen LogP contribution < -0.4 is 15.2 Å². The Kier molecular flexibility index (Phi) is 5.88. The molecular weight excluding hydrogens is 266 g/mol. The van der Waals surface area contributed by atoms with E-state index in [2.05, 4.69) is 6.92 Å². The van der Waals surface area contributed by atoms with Crippen LogP contribution in [-0.2, 0) is 4.74 Å². The molecule has 0 bridgehead atoms. The number of ether oxygens (including phenoxy) is 3. The van der Waals surface area contributed by atoms with Crippen molar-refractivity contribution in [2.45, 2.75) is 51.2 Å². The number of benzene rings is 1. The summed E-state index contributed by atoms with van der Waals surface area (Å²) in [7, 11) is 3.30. The highest BCUT2D eigenvalue weighted by Gasteiger charge is 2.18. The first-order valence-electron chi connectivity index (χ1n) is 7.75. The molecule has 21 heavy (non-hydrogen) atoms. The Hall–Kier alpha value is -1.26. The van der Waals surface area contributed by atoms with Crippen molar-refractivity contribution in [2.75, 3.05) is 20.8 Å². The SMILES string of the molecule is COc1cc(C)c(C(N)CCC2CCCCO2)cc1OC. The van der Waals surface area contributed by atoms with Gasteiger partial charge in [-0.05, 0) is 62.3 Å². The zero-order valence-corrected chi connectivity index (χ0v) is 13.4. The Labute approximate surface area is 127 Å². The molecule has 4 heteroatoms. The van der Waals surface area contributed by atoms with E-state index in [9.17, 15) is 0 Å². The summed E-state index contributed by atoms with van der Waals surface area (Å²) in [4.78, 5) is 0. The molecule has 1 saturated heterocycles. The third-order valence-corrected chi connectivity index (χ3v) is 4.25. The van der Waals surface area contributed by atoms with E-state index in [1.165, 1.54) is 12.8 Å². The lowest BCUT2D eigenvalue weighted by Crippen LogP contribution is -2.21. The van der Waals surface area contributed by atoms with E-state index in [4.69, 9.17) is 19.9 Å². The zero-order valence-electron chi connectivity index (χ0n) is 13.4. The van der Waals surface area contributed by atoms with Gasteiger partial charge in [-0.3, -0.25) is 0 Å². The van der Waals surface area contributed by atoms with Crippen molar-refractivity contribution in [2.24, 2.45) is 5.73 Å². The highest BCUT2D eigenvalue weighted by molar-refractivity contribution is 5.48. The summed E-state index contributed by atoms with van der Waals surface area (Å²) in [6.07, 6.45) is 5.96.